The number of ether oxygens (including phenoxy) is 2. The molecule has 0 aliphatic heterocycles. The van der Waals surface area contributed by atoms with E-state index in [0.29, 0.717) is 0 Å². The summed E-state index contributed by atoms with van der Waals surface area (Å²) in [6, 6.07) is 5.78. The van der Waals surface area contributed by atoms with Gasteiger partial charge < -0.3 is 9.47 Å². The third kappa shape index (κ3) is 1.73. The van der Waals surface area contributed by atoms with Crippen molar-refractivity contribution < 1.29 is 9.47 Å². The van der Waals surface area contributed by atoms with Crippen LogP contribution in [0.4, 0.5) is 0 Å². The molecule has 0 saturated carbocycles. The van der Waals surface area contributed by atoms with Crippen LogP contribution in [-0.4, -0.2) is 19.2 Å². The largest absolute Gasteiger partial charge is 0.496 e. The van der Waals surface area contributed by atoms with Gasteiger partial charge in [-0.2, -0.15) is 0 Å². The Kier molecular flexibility index (Phi) is 3.01. The number of pyridine rings is 1. The van der Waals surface area contributed by atoms with Gasteiger partial charge in [0.05, 0.1) is 14.2 Å². The number of benzene rings is 1. The second-order valence-electron chi connectivity index (χ2n) is 3.46. The first-order valence-electron chi connectivity index (χ1n) is 4.85. The summed E-state index contributed by atoms with van der Waals surface area (Å²) < 4.78 is 11.4. The van der Waals surface area contributed by atoms with Gasteiger partial charge in [-0.15, -0.1) is 0 Å². The van der Waals surface area contributed by atoms with E-state index in [1.54, 1.807) is 14.2 Å². The number of rotatable bonds is 2. The molecular formula is C12H12BrNO2. The molecule has 1 heterocycles. The van der Waals surface area contributed by atoms with E-state index in [1.807, 2.05) is 25.1 Å². The van der Waals surface area contributed by atoms with Crippen molar-refractivity contribution in [2.45, 2.75) is 6.92 Å². The highest BCUT2D eigenvalue weighted by Gasteiger charge is 2.10. The Bertz CT molecular complexity index is 492. The zero-order valence-corrected chi connectivity index (χ0v) is 11.0. The van der Waals surface area contributed by atoms with Crippen LogP contribution in [-0.2, 0) is 0 Å². The molecule has 3 nitrogen and oxygen atoms in total. The van der Waals surface area contributed by atoms with E-state index in [1.165, 1.54) is 0 Å². The summed E-state index contributed by atoms with van der Waals surface area (Å²) in [5, 5.41) is 0.961. The number of nitrogens with zero attached hydrogens (tertiary/aromatic N) is 1. The fourth-order valence-electron chi connectivity index (χ4n) is 1.63. The molecule has 0 amide bonds. The molecule has 1 aromatic heterocycles. The molecule has 0 N–H and O–H groups in total. The summed E-state index contributed by atoms with van der Waals surface area (Å²) in [6.45, 7) is 2.00. The van der Waals surface area contributed by atoms with Gasteiger partial charge in [0.25, 0.3) is 0 Å². The summed E-state index contributed by atoms with van der Waals surface area (Å²) in [6.07, 6.45) is 0. The third-order valence-electron chi connectivity index (χ3n) is 2.48. The minimum atomic E-state index is 0.747. The maximum absolute atomic E-state index is 5.31. The average Bonchev–Trinajstić information content (AvgIpc) is 2.29. The number of methoxy groups -OCH3 is 2. The van der Waals surface area contributed by atoms with Crippen LogP contribution < -0.4 is 9.47 Å². The van der Waals surface area contributed by atoms with E-state index in [4.69, 9.17) is 9.47 Å². The maximum atomic E-state index is 5.31. The first-order valence-corrected chi connectivity index (χ1v) is 5.64. The summed E-state index contributed by atoms with van der Waals surface area (Å²) in [5.41, 5.74) is 1.87. The highest BCUT2D eigenvalue weighted by atomic mass is 79.9. The van der Waals surface area contributed by atoms with Crippen LogP contribution >= 0.6 is 15.9 Å². The predicted molar refractivity (Wildman–Crippen MR) is 67.3 cm³/mol. The third-order valence-corrected chi connectivity index (χ3v) is 3.28. The number of aryl methyl sites for hydroxylation is 1. The zero-order valence-electron chi connectivity index (χ0n) is 9.37. The van der Waals surface area contributed by atoms with Gasteiger partial charge in [0, 0.05) is 5.39 Å². The van der Waals surface area contributed by atoms with Crippen molar-refractivity contribution in [3.63, 3.8) is 0 Å². The summed E-state index contributed by atoms with van der Waals surface area (Å²) in [4.78, 5) is 4.47. The van der Waals surface area contributed by atoms with E-state index >= 15 is 0 Å². The molecule has 0 spiro atoms. The lowest BCUT2D eigenvalue weighted by molar-refractivity contribution is 0.409. The molecule has 0 saturated heterocycles. The number of fused-ring (bicyclic) bond motifs is 1. The molecular weight excluding hydrogens is 270 g/mol. The van der Waals surface area contributed by atoms with Gasteiger partial charge in [-0.1, -0.05) is 0 Å². The maximum Gasteiger partial charge on any atom is 0.145 e. The monoisotopic (exact) mass is 281 g/mol. The summed E-state index contributed by atoms with van der Waals surface area (Å²) in [5.74, 6) is 1.55. The minimum Gasteiger partial charge on any atom is -0.496 e. The lowest BCUT2D eigenvalue weighted by atomic mass is 10.1. The van der Waals surface area contributed by atoms with Crippen molar-refractivity contribution in [1.82, 2.24) is 4.98 Å². The number of aromatic nitrogens is 1. The topological polar surface area (TPSA) is 31.4 Å². The number of halogens is 1. The van der Waals surface area contributed by atoms with Gasteiger partial charge in [0.1, 0.15) is 21.6 Å². The molecule has 0 aliphatic carbocycles. The van der Waals surface area contributed by atoms with Crippen LogP contribution in [0.1, 0.15) is 5.56 Å². The zero-order chi connectivity index (χ0) is 11.7. The first kappa shape index (κ1) is 11.2. The van der Waals surface area contributed by atoms with E-state index in [-0.39, 0.29) is 0 Å². The molecule has 0 fully saturated rings. The van der Waals surface area contributed by atoms with E-state index in [9.17, 15) is 0 Å². The normalized spacial score (nSPS) is 10.5. The smallest absolute Gasteiger partial charge is 0.145 e. The van der Waals surface area contributed by atoms with Gasteiger partial charge in [-0.25, -0.2) is 4.98 Å². The summed E-state index contributed by atoms with van der Waals surface area (Å²) in [7, 11) is 3.29. The molecule has 16 heavy (non-hydrogen) atoms. The lowest BCUT2D eigenvalue weighted by Crippen LogP contribution is -1.93. The Hall–Kier alpha value is -1.29. The van der Waals surface area contributed by atoms with Gasteiger partial charge >= 0.3 is 0 Å². The SMILES string of the molecule is COc1ccc(OC)c2nc(Br)c(C)cc12. The lowest BCUT2D eigenvalue weighted by Gasteiger charge is -2.10. The Labute approximate surface area is 103 Å². The highest BCUT2D eigenvalue weighted by molar-refractivity contribution is 9.10. The fourth-order valence-corrected chi connectivity index (χ4v) is 1.92. The molecule has 0 unspecified atom stereocenters. The Morgan fingerprint density at radius 3 is 2.38 bits per heavy atom. The highest BCUT2D eigenvalue weighted by Crippen LogP contribution is 2.33. The van der Waals surface area contributed by atoms with E-state index in [0.717, 1.165) is 32.6 Å². The molecule has 84 valence electrons. The predicted octanol–water partition coefficient (Wildman–Crippen LogP) is 3.32. The average molecular weight is 282 g/mol. The van der Waals surface area contributed by atoms with Crippen molar-refractivity contribution in [2.24, 2.45) is 0 Å². The van der Waals surface area contributed by atoms with Crippen LogP contribution in [0.15, 0.2) is 22.8 Å². The minimum absolute atomic E-state index is 0.747. The van der Waals surface area contributed by atoms with Crippen molar-refractivity contribution in [1.29, 1.82) is 0 Å². The Balaban J connectivity index is 2.85. The molecule has 2 rings (SSSR count). The molecule has 0 aliphatic rings. The molecule has 1 aromatic carbocycles. The van der Waals surface area contributed by atoms with E-state index in [2.05, 4.69) is 20.9 Å². The molecule has 0 bridgehead atoms. The van der Waals surface area contributed by atoms with Crippen molar-refractivity contribution in [3.05, 3.63) is 28.4 Å². The molecule has 2 aromatic rings. The van der Waals surface area contributed by atoms with E-state index < -0.39 is 0 Å². The van der Waals surface area contributed by atoms with Gasteiger partial charge in [-0.05, 0) is 46.6 Å². The molecule has 4 heteroatoms. The van der Waals surface area contributed by atoms with Crippen LogP contribution in [0.2, 0.25) is 0 Å². The van der Waals surface area contributed by atoms with Crippen LogP contribution in [0.5, 0.6) is 11.5 Å². The van der Waals surface area contributed by atoms with Crippen molar-refractivity contribution >= 4 is 26.8 Å². The van der Waals surface area contributed by atoms with Crippen LogP contribution in [0, 0.1) is 6.92 Å². The standard InChI is InChI=1S/C12H12BrNO2/c1-7-6-8-9(15-2)4-5-10(16-3)11(8)14-12(7)13/h4-6H,1-3H3. The van der Waals surface area contributed by atoms with Crippen molar-refractivity contribution in [2.75, 3.05) is 14.2 Å². The van der Waals surface area contributed by atoms with Crippen LogP contribution in [0.25, 0.3) is 10.9 Å². The Morgan fingerprint density at radius 2 is 1.75 bits per heavy atom. The van der Waals surface area contributed by atoms with Crippen molar-refractivity contribution in [3.8, 4) is 11.5 Å². The first-order chi connectivity index (χ1) is 7.67. The quantitative estimate of drug-likeness (QED) is 0.792. The van der Waals surface area contributed by atoms with Crippen LogP contribution in [0.3, 0.4) is 0 Å². The van der Waals surface area contributed by atoms with Gasteiger partial charge in [0.15, 0.2) is 0 Å². The molecule has 0 atom stereocenters. The number of hydrogen-bond acceptors (Lipinski definition) is 3. The fraction of sp³-hybridized carbons (Fsp3) is 0.250. The number of hydrogen-bond donors (Lipinski definition) is 0. The second-order valence-corrected chi connectivity index (χ2v) is 4.21. The molecule has 0 radical (unpaired) electrons. The van der Waals surface area contributed by atoms with Gasteiger partial charge in [-0.3, -0.25) is 0 Å². The Morgan fingerprint density at radius 1 is 1.12 bits per heavy atom. The second kappa shape index (κ2) is 4.29. The van der Waals surface area contributed by atoms with Gasteiger partial charge in [0.2, 0.25) is 0 Å². The summed E-state index contributed by atoms with van der Waals surface area (Å²) >= 11 is 3.42.